The van der Waals surface area contributed by atoms with Crippen LogP contribution in [0.4, 0.5) is 0 Å². The van der Waals surface area contributed by atoms with E-state index in [2.05, 4.69) is 15.5 Å². The van der Waals surface area contributed by atoms with Crippen LogP contribution in [-0.4, -0.2) is 44.0 Å². The van der Waals surface area contributed by atoms with Gasteiger partial charge in [0, 0.05) is 18.5 Å². The Morgan fingerprint density at radius 2 is 1.90 bits per heavy atom. The van der Waals surface area contributed by atoms with E-state index in [1.807, 2.05) is 60.8 Å². The summed E-state index contributed by atoms with van der Waals surface area (Å²) < 4.78 is 12.8. The minimum absolute atomic E-state index is 0.0352. The second kappa shape index (κ2) is 7.38. The summed E-state index contributed by atoms with van der Waals surface area (Å²) >= 11 is 0. The SMILES string of the molecule is O=C(Cc1noc2ccccc12)N1CC(n2cc(COc3ccccc3)nn2)C1. The first kappa shape index (κ1) is 17.4. The van der Waals surface area contributed by atoms with Gasteiger partial charge in [-0.25, -0.2) is 4.68 Å². The summed E-state index contributed by atoms with van der Waals surface area (Å²) in [5, 5.41) is 13.3. The second-order valence-electron chi connectivity index (χ2n) is 7.05. The number of rotatable bonds is 6. The van der Waals surface area contributed by atoms with E-state index in [0.29, 0.717) is 31.0 Å². The molecule has 1 fully saturated rings. The van der Waals surface area contributed by atoms with Crippen LogP contribution in [0.2, 0.25) is 0 Å². The van der Waals surface area contributed by atoms with Crippen molar-refractivity contribution in [2.45, 2.75) is 19.1 Å². The normalized spacial score (nSPS) is 14.1. The van der Waals surface area contributed by atoms with Crippen LogP contribution in [0.15, 0.2) is 65.3 Å². The Labute approximate surface area is 166 Å². The van der Waals surface area contributed by atoms with Crippen LogP contribution in [0, 0.1) is 0 Å². The maximum absolute atomic E-state index is 12.6. The number of carbonyl (C=O) groups is 1. The molecule has 3 heterocycles. The molecule has 0 aliphatic carbocycles. The average Bonchev–Trinajstić information content (AvgIpc) is 3.34. The van der Waals surface area contributed by atoms with Crippen LogP contribution in [0.1, 0.15) is 17.4 Å². The third-order valence-electron chi connectivity index (χ3n) is 5.05. The smallest absolute Gasteiger partial charge is 0.228 e. The molecule has 0 bridgehead atoms. The maximum Gasteiger partial charge on any atom is 0.228 e. The van der Waals surface area contributed by atoms with Gasteiger partial charge in [-0.1, -0.05) is 40.7 Å². The van der Waals surface area contributed by atoms with Crippen LogP contribution in [-0.2, 0) is 17.8 Å². The average molecular weight is 389 g/mol. The first-order valence-corrected chi connectivity index (χ1v) is 9.46. The molecule has 8 nitrogen and oxygen atoms in total. The quantitative estimate of drug-likeness (QED) is 0.504. The summed E-state index contributed by atoms with van der Waals surface area (Å²) in [6.45, 7) is 1.58. The molecule has 1 saturated heterocycles. The van der Waals surface area contributed by atoms with E-state index in [0.717, 1.165) is 16.8 Å². The van der Waals surface area contributed by atoms with E-state index < -0.39 is 0 Å². The maximum atomic E-state index is 12.6. The Morgan fingerprint density at radius 1 is 1.10 bits per heavy atom. The number of aromatic nitrogens is 4. The van der Waals surface area contributed by atoms with E-state index in [1.165, 1.54) is 0 Å². The van der Waals surface area contributed by atoms with Gasteiger partial charge in [0.15, 0.2) is 5.58 Å². The number of nitrogens with zero attached hydrogens (tertiary/aromatic N) is 5. The zero-order valence-electron chi connectivity index (χ0n) is 15.6. The molecule has 0 radical (unpaired) electrons. The molecule has 8 heteroatoms. The third-order valence-corrected chi connectivity index (χ3v) is 5.05. The van der Waals surface area contributed by atoms with Crippen molar-refractivity contribution in [1.82, 2.24) is 25.1 Å². The number of para-hydroxylation sites is 2. The molecule has 2 aromatic carbocycles. The highest BCUT2D eigenvalue weighted by atomic mass is 16.5. The minimum Gasteiger partial charge on any atom is -0.487 e. The predicted molar refractivity (Wildman–Crippen MR) is 104 cm³/mol. The summed E-state index contributed by atoms with van der Waals surface area (Å²) in [5.41, 5.74) is 2.13. The fourth-order valence-electron chi connectivity index (χ4n) is 3.38. The molecular weight excluding hydrogens is 370 g/mol. The molecule has 0 atom stereocenters. The molecule has 0 unspecified atom stereocenters. The fraction of sp³-hybridized carbons (Fsp3) is 0.238. The Kier molecular flexibility index (Phi) is 4.44. The Balaban J connectivity index is 1.15. The largest absolute Gasteiger partial charge is 0.487 e. The van der Waals surface area contributed by atoms with Gasteiger partial charge in [0.25, 0.3) is 0 Å². The lowest BCUT2D eigenvalue weighted by Gasteiger charge is -2.38. The molecule has 0 spiro atoms. The number of benzene rings is 2. The molecule has 146 valence electrons. The molecule has 5 rings (SSSR count). The van der Waals surface area contributed by atoms with Gasteiger partial charge < -0.3 is 14.2 Å². The summed E-state index contributed by atoms with van der Waals surface area (Å²) in [6, 6.07) is 17.3. The minimum atomic E-state index is 0.0352. The van der Waals surface area contributed by atoms with Gasteiger partial charge in [0.2, 0.25) is 5.91 Å². The van der Waals surface area contributed by atoms with Gasteiger partial charge in [-0.05, 0) is 24.3 Å². The Morgan fingerprint density at radius 3 is 2.76 bits per heavy atom. The van der Waals surface area contributed by atoms with Crippen LogP contribution in [0.3, 0.4) is 0 Å². The van der Waals surface area contributed by atoms with Gasteiger partial charge in [0.05, 0.1) is 18.7 Å². The number of ether oxygens (including phenoxy) is 1. The molecule has 0 N–H and O–H groups in total. The monoisotopic (exact) mass is 389 g/mol. The zero-order valence-corrected chi connectivity index (χ0v) is 15.6. The molecule has 4 aromatic rings. The molecule has 29 heavy (non-hydrogen) atoms. The van der Waals surface area contributed by atoms with Crippen molar-refractivity contribution in [1.29, 1.82) is 0 Å². The van der Waals surface area contributed by atoms with Crippen molar-refractivity contribution >= 4 is 16.9 Å². The van der Waals surface area contributed by atoms with Gasteiger partial charge in [0.1, 0.15) is 23.7 Å². The number of hydrogen-bond donors (Lipinski definition) is 0. The Hall–Kier alpha value is -3.68. The lowest BCUT2D eigenvalue weighted by atomic mass is 10.1. The van der Waals surface area contributed by atoms with E-state index in [1.54, 1.807) is 9.58 Å². The van der Waals surface area contributed by atoms with Crippen molar-refractivity contribution < 1.29 is 14.1 Å². The number of hydrogen-bond acceptors (Lipinski definition) is 6. The van der Waals surface area contributed by atoms with Crippen LogP contribution in [0.25, 0.3) is 11.0 Å². The lowest BCUT2D eigenvalue weighted by molar-refractivity contribution is -0.136. The highest BCUT2D eigenvalue weighted by Crippen LogP contribution is 2.24. The summed E-state index contributed by atoms with van der Waals surface area (Å²) in [7, 11) is 0. The number of amides is 1. The first-order chi connectivity index (χ1) is 14.3. The highest BCUT2D eigenvalue weighted by molar-refractivity contribution is 5.86. The predicted octanol–water partition coefficient (Wildman–Crippen LogP) is 2.62. The summed E-state index contributed by atoms with van der Waals surface area (Å²) in [6.07, 6.45) is 2.11. The third kappa shape index (κ3) is 3.56. The van der Waals surface area contributed by atoms with Crippen molar-refractivity contribution in [3.05, 3.63) is 72.2 Å². The Bertz CT molecular complexity index is 1130. The number of fused-ring (bicyclic) bond motifs is 1. The molecule has 1 aliphatic rings. The van der Waals surface area contributed by atoms with Crippen molar-refractivity contribution in [2.24, 2.45) is 0 Å². The molecule has 1 amide bonds. The summed E-state index contributed by atoms with van der Waals surface area (Å²) in [5.74, 6) is 0.830. The first-order valence-electron chi connectivity index (χ1n) is 9.46. The molecule has 1 aliphatic heterocycles. The summed E-state index contributed by atoms with van der Waals surface area (Å²) in [4.78, 5) is 14.4. The van der Waals surface area contributed by atoms with Gasteiger partial charge in [-0.3, -0.25) is 4.79 Å². The van der Waals surface area contributed by atoms with Gasteiger partial charge in [-0.15, -0.1) is 5.10 Å². The van der Waals surface area contributed by atoms with E-state index in [-0.39, 0.29) is 18.4 Å². The highest BCUT2D eigenvalue weighted by Gasteiger charge is 2.33. The van der Waals surface area contributed by atoms with Crippen LogP contribution >= 0.6 is 0 Å². The van der Waals surface area contributed by atoms with E-state index in [9.17, 15) is 4.79 Å². The van der Waals surface area contributed by atoms with Gasteiger partial charge >= 0.3 is 0 Å². The van der Waals surface area contributed by atoms with E-state index >= 15 is 0 Å². The standard InChI is InChI=1S/C21H19N5O3/c27-21(10-19-18-8-4-5-9-20(18)29-23-19)25-12-16(13-25)26-11-15(22-24-26)14-28-17-6-2-1-3-7-17/h1-9,11,16H,10,12-14H2. The van der Waals surface area contributed by atoms with Crippen molar-refractivity contribution in [3.63, 3.8) is 0 Å². The zero-order chi connectivity index (χ0) is 19.6. The van der Waals surface area contributed by atoms with Crippen molar-refractivity contribution in [2.75, 3.05) is 13.1 Å². The number of likely N-dealkylation sites (tertiary alicyclic amines) is 1. The lowest BCUT2D eigenvalue weighted by Crippen LogP contribution is -2.51. The fourth-order valence-corrected chi connectivity index (χ4v) is 3.38. The van der Waals surface area contributed by atoms with Gasteiger partial charge in [-0.2, -0.15) is 0 Å². The number of carbonyl (C=O) groups excluding carboxylic acids is 1. The van der Waals surface area contributed by atoms with E-state index in [4.69, 9.17) is 9.26 Å². The topological polar surface area (TPSA) is 86.3 Å². The van der Waals surface area contributed by atoms with Crippen LogP contribution < -0.4 is 4.74 Å². The second-order valence-corrected chi connectivity index (χ2v) is 7.05. The molecule has 2 aromatic heterocycles. The van der Waals surface area contributed by atoms with Crippen LogP contribution in [0.5, 0.6) is 5.75 Å². The molecular formula is C21H19N5O3. The van der Waals surface area contributed by atoms with Crippen molar-refractivity contribution in [3.8, 4) is 5.75 Å². The molecule has 0 saturated carbocycles.